The lowest BCUT2D eigenvalue weighted by Crippen LogP contribution is -2.35. The van der Waals surface area contributed by atoms with E-state index >= 15 is 0 Å². The molecule has 2 N–H and O–H groups in total. The van der Waals surface area contributed by atoms with Crippen LogP contribution in [0.4, 0.5) is 0 Å². The highest BCUT2D eigenvalue weighted by Crippen LogP contribution is 2.66. The fraction of sp³-hybridized carbons (Fsp3) is 0.542. The smallest absolute Gasteiger partial charge is 0.335 e. The topological polar surface area (TPSA) is 87.4 Å². The number of benzene rings is 1. The summed E-state index contributed by atoms with van der Waals surface area (Å²) in [6.45, 7) is 12.7. The van der Waals surface area contributed by atoms with Gasteiger partial charge in [0.25, 0.3) is 5.56 Å². The van der Waals surface area contributed by atoms with Gasteiger partial charge in [0.05, 0.1) is 11.7 Å². The normalized spacial score (nSPS) is 27.3. The van der Waals surface area contributed by atoms with Crippen LogP contribution in [0.25, 0.3) is 5.69 Å². The molecular weight excluding hydrogens is 378 g/mol. The summed E-state index contributed by atoms with van der Waals surface area (Å²) in [5.41, 5.74) is 2.39. The van der Waals surface area contributed by atoms with Gasteiger partial charge in [-0.1, -0.05) is 38.5 Å². The molecule has 0 radical (unpaired) electrons. The molecule has 0 aliphatic heterocycles. The second-order valence-corrected chi connectivity index (χ2v) is 9.98. The maximum absolute atomic E-state index is 12.6. The second kappa shape index (κ2) is 6.69. The van der Waals surface area contributed by atoms with Crippen molar-refractivity contribution >= 4 is 6.21 Å². The third kappa shape index (κ3) is 2.80. The molecule has 6 heteroatoms. The van der Waals surface area contributed by atoms with E-state index in [1.807, 2.05) is 32.9 Å². The van der Waals surface area contributed by atoms with Crippen LogP contribution in [0.3, 0.4) is 0 Å². The molecule has 2 aliphatic carbocycles. The van der Waals surface area contributed by atoms with Crippen LogP contribution >= 0.6 is 0 Å². The molecule has 0 saturated heterocycles. The van der Waals surface area contributed by atoms with Crippen molar-refractivity contribution in [3.05, 3.63) is 55.2 Å². The van der Waals surface area contributed by atoms with Gasteiger partial charge >= 0.3 is 5.69 Å². The summed E-state index contributed by atoms with van der Waals surface area (Å²) in [5, 5.41) is 10.9. The van der Waals surface area contributed by atoms with Crippen molar-refractivity contribution in [2.75, 3.05) is 0 Å². The van der Waals surface area contributed by atoms with E-state index in [2.05, 4.69) is 25.8 Å². The van der Waals surface area contributed by atoms with Crippen LogP contribution in [-0.4, -0.2) is 26.9 Å². The zero-order chi connectivity index (χ0) is 22.0. The number of hydrogen-bond donors (Lipinski definition) is 2. The second-order valence-electron chi connectivity index (χ2n) is 9.98. The van der Waals surface area contributed by atoms with Crippen LogP contribution in [0.2, 0.25) is 0 Å². The minimum atomic E-state index is -0.655. The summed E-state index contributed by atoms with van der Waals surface area (Å²) >= 11 is 0. The number of fused-ring (bicyclic) bond motifs is 2. The Labute approximate surface area is 176 Å². The molecule has 30 heavy (non-hydrogen) atoms. The Morgan fingerprint density at radius 2 is 1.80 bits per heavy atom. The number of hydrogen-bond acceptors (Lipinski definition) is 4. The molecule has 3 unspecified atom stereocenters. The van der Waals surface area contributed by atoms with Crippen LogP contribution in [0.15, 0.2) is 26.7 Å². The van der Waals surface area contributed by atoms with Crippen molar-refractivity contribution in [3.63, 3.8) is 0 Å². The van der Waals surface area contributed by atoms with E-state index in [0.717, 1.165) is 29.5 Å². The van der Waals surface area contributed by atoms with Gasteiger partial charge in [-0.2, -0.15) is 0 Å². The number of aliphatic imine (C=N–C) groups is 1. The maximum Gasteiger partial charge on any atom is 0.335 e. The lowest BCUT2D eigenvalue weighted by molar-refractivity contribution is 0.137. The van der Waals surface area contributed by atoms with Gasteiger partial charge in [0, 0.05) is 6.21 Å². The molecule has 2 fully saturated rings. The molecule has 0 amide bonds. The molecule has 0 spiro atoms. The van der Waals surface area contributed by atoms with Gasteiger partial charge in [0.2, 0.25) is 5.88 Å². The summed E-state index contributed by atoms with van der Waals surface area (Å²) in [5.74, 6) is 0.262. The maximum atomic E-state index is 12.6. The number of aromatic hydroxyl groups is 1. The van der Waals surface area contributed by atoms with Gasteiger partial charge in [-0.3, -0.25) is 14.8 Å². The standard InChI is InChI=1S/C24H31N3O3/c1-13-9-14(2)19(15(3)10-13)27-21(29)17(20(28)26-22(27)30)12-25-18-11-16-7-8-24(18,6)23(16,4)5/h9-10,12,16,18,29H,7-8,11H2,1-6H3,(H,26,28,30). The highest BCUT2D eigenvalue weighted by atomic mass is 16.3. The third-order valence-corrected chi connectivity index (χ3v) is 8.11. The molecular formula is C24H31N3O3. The Morgan fingerprint density at radius 3 is 2.33 bits per heavy atom. The van der Waals surface area contributed by atoms with Crippen LogP contribution in [0.5, 0.6) is 5.88 Å². The zero-order valence-electron chi connectivity index (χ0n) is 18.7. The molecule has 1 aromatic carbocycles. The SMILES string of the molecule is Cc1cc(C)c(-n2c(O)c(C=NC3CC4CCC3(C)C4(C)C)c(=O)[nH]c2=O)c(C)c1. The first-order valence-corrected chi connectivity index (χ1v) is 10.7. The summed E-state index contributed by atoms with van der Waals surface area (Å²) in [4.78, 5) is 32.2. The van der Waals surface area contributed by atoms with Crippen molar-refractivity contribution in [3.8, 4) is 11.6 Å². The number of aromatic amines is 1. The van der Waals surface area contributed by atoms with E-state index in [9.17, 15) is 14.7 Å². The van der Waals surface area contributed by atoms with E-state index in [-0.39, 0.29) is 28.3 Å². The average Bonchev–Trinajstić information content (AvgIpc) is 2.96. The van der Waals surface area contributed by atoms with Gasteiger partial charge in [-0.15, -0.1) is 0 Å². The molecule has 2 aliphatic rings. The molecule has 2 saturated carbocycles. The van der Waals surface area contributed by atoms with E-state index in [1.54, 1.807) is 0 Å². The highest BCUT2D eigenvalue weighted by Gasteiger charge is 2.61. The molecule has 6 nitrogen and oxygen atoms in total. The Morgan fingerprint density at radius 1 is 1.17 bits per heavy atom. The van der Waals surface area contributed by atoms with E-state index in [0.29, 0.717) is 11.6 Å². The van der Waals surface area contributed by atoms with Crippen molar-refractivity contribution in [2.24, 2.45) is 21.7 Å². The molecule has 2 bridgehead atoms. The van der Waals surface area contributed by atoms with Crippen LogP contribution < -0.4 is 11.2 Å². The lowest BCUT2D eigenvalue weighted by atomic mass is 9.69. The summed E-state index contributed by atoms with van der Waals surface area (Å²) < 4.78 is 1.18. The largest absolute Gasteiger partial charge is 0.493 e. The quantitative estimate of drug-likeness (QED) is 0.756. The van der Waals surface area contributed by atoms with Crippen LogP contribution in [0.1, 0.15) is 62.3 Å². The average molecular weight is 410 g/mol. The fourth-order valence-corrected chi connectivity index (χ4v) is 5.94. The number of aryl methyl sites for hydroxylation is 3. The van der Waals surface area contributed by atoms with Crippen molar-refractivity contribution < 1.29 is 5.11 Å². The first-order valence-electron chi connectivity index (χ1n) is 10.7. The Kier molecular flexibility index (Phi) is 4.60. The minimum Gasteiger partial charge on any atom is -0.493 e. The number of H-pyrrole nitrogens is 1. The monoisotopic (exact) mass is 409 g/mol. The van der Waals surface area contributed by atoms with Crippen LogP contribution in [-0.2, 0) is 0 Å². The van der Waals surface area contributed by atoms with Gasteiger partial charge in [0.1, 0.15) is 5.56 Å². The summed E-state index contributed by atoms with van der Waals surface area (Å²) in [7, 11) is 0. The van der Waals surface area contributed by atoms with Crippen molar-refractivity contribution in [2.45, 2.75) is 66.8 Å². The minimum absolute atomic E-state index is 0.0261. The van der Waals surface area contributed by atoms with E-state index in [4.69, 9.17) is 4.99 Å². The lowest BCUT2D eigenvalue weighted by Gasteiger charge is -2.37. The fourth-order valence-electron chi connectivity index (χ4n) is 5.94. The first kappa shape index (κ1) is 20.6. The predicted octanol–water partition coefficient (Wildman–Crippen LogP) is 3.79. The van der Waals surface area contributed by atoms with Crippen molar-refractivity contribution in [1.82, 2.24) is 9.55 Å². The van der Waals surface area contributed by atoms with Gasteiger partial charge in [-0.05, 0) is 67.9 Å². The molecule has 1 aromatic heterocycles. The van der Waals surface area contributed by atoms with Gasteiger partial charge in [-0.25, -0.2) is 9.36 Å². The highest BCUT2D eigenvalue weighted by molar-refractivity contribution is 5.82. The first-order chi connectivity index (χ1) is 14.0. The Bertz CT molecular complexity index is 1150. The van der Waals surface area contributed by atoms with Crippen LogP contribution in [0, 0.1) is 37.5 Å². The molecule has 2 aromatic rings. The summed E-state index contributed by atoms with van der Waals surface area (Å²) in [6.07, 6.45) is 4.80. The van der Waals surface area contributed by atoms with Gasteiger partial charge < -0.3 is 5.11 Å². The predicted molar refractivity (Wildman–Crippen MR) is 119 cm³/mol. The number of aromatic nitrogens is 2. The zero-order valence-corrected chi connectivity index (χ0v) is 18.7. The number of nitrogens with one attached hydrogen (secondary N) is 1. The van der Waals surface area contributed by atoms with Gasteiger partial charge in [0.15, 0.2) is 0 Å². The Balaban J connectivity index is 1.80. The van der Waals surface area contributed by atoms with E-state index in [1.165, 1.54) is 17.2 Å². The van der Waals surface area contributed by atoms with Crippen molar-refractivity contribution in [1.29, 1.82) is 0 Å². The number of nitrogens with zero attached hydrogens (tertiary/aromatic N) is 2. The molecule has 160 valence electrons. The molecule has 3 atom stereocenters. The number of rotatable bonds is 3. The molecule has 4 rings (SSSR count). The third-order valence-electron chi connectivity index (χ3n) is 8.11. The Hall–Kier alpha value is -2.63. The summed E-state index contributed by atoms with van der Waals surface area (Å²) in [6, 6.07) is 4.00. The van der Waals surface area contributed by atoms with E-state index < -0.39 is 11.2 Å². The molecule has 1 heterocycles.